The molecule has 1 rings (SSSR count). The lowest BCUT2D eigenvalue weighted by molar-refractivity contribution is 0.0264. The molecule has 0 saturated carbocycles. The van der Waals surface area contributed by atoms with Gasteiger partial charge >= 0.3 is 0 Å². The second kappa shape index (κ2) is 14.3. The molecule has 162 valence electrons. The molecule has 0 aliphatic carbocycles. The van der Waals surface area contributed by atoms with E-state index in [4.69, 9.17) is 26.8 Å². The zero-order valence-corrected chi connectivity index (χ0v) is 19.5. The van der Waals surface area contributed by atoms with Crippen LogP contribution in [-0.4, -0.2) is 58.0 Å². The molecule has 0 radical (unpaired) electrons. The Morgan fingerprint density at radius 1 is 0.857 bits per heavy atom. The van der Waals surface area contributed by atoms with Gasteiger partial charge in [-0.05, 0) is 49.9 Å². The van der Waals surface area contributed by atoms with Gasteiger partial charge in [0.25, 0.3) is 0 Å². The van der Waals surface area contributed by atoms with Crippen molar-refractivity contribution in [2.45, 2.75) is 58.1 Å². The SMILES string of the molecule is CCCc1cc(CCC)cc(N(CCOCCOCCOC)CC(C)(C)S)c1. The molecule has 0 bridgehead atoms. The number of methoxy groups -OCH3 is 1. The van der Waals surface area contributed by atoms with E-state index in [2.05, 4.69) is 50.8 Å². The van der Waals surface area contributed by atoms with Crippen LogP contribution in [0.5, 0.6) is 0 Å². The Bertz CT molecular complexity index is 507. The molecule has 28 heavy (non-hydrogen) atoms. The van der Waals surface area contributed by atoms with Crippen LogP contribution in [0.2, 0.25) is 0 Å². The van der Waals surface area contributed by atoms with E-state index in [0.29, 0.717) is 33.0 Å². The molecule has 0 fully saturated rings. The fraction of sp³-hybridized carbons (Fsp3) is 0.739. The van der Waals surface area contributed by atoms with E-state index in [0.717, 1.165) is 25.9 Å². The minimum Gasteiger partial charge on any atom is -0.382 e. The van der Waals surface area contributed by atoms with E-state index in [1.165, 1.54) is 29.7 Å². The van der Waals surface area contributed by atoms with Crippen molar-refractivity contribution in [1.82, 2.24) is 0 Å². The molecule has 0 N–H and O–H groups in total. The van der Waals surface area contributed by atoms with Gasteiger partial charge in [-0.25, -0.2) is 0 Å². The lowest BCUT2D eigenvalue weighted by atomic mass is 10.0. The first kappa shape index (κ1) is 25.3. The van der Waals surface area contributed by atoms with Crippen LogP contribution >= 0.6 is 12.6 Å². The molecule has 0 aromatic heterocycles. The normalized spacial score (nSPS) is 11.8. The fourth-order valence-corrected chi connectivity index (χ4v) is 3.37. The van der Waals surface area contributed by atoms with Crippen molar-refractivity contribution >= 4 is 18.3 Å². The van der Waals surface area contributed by atoms with Gasteiger partial charge in [0.2, 0.25) is 0 Å². The van der Waals surface area contributed by atoms with Gasteiger partial charge in [0.05, 0.1) is 33.0 Å². The van der Waals surface area contributed by atoms with Crippen molar-refractivity contribution in [1.29, 1.82) is 0 Å². The van der Waals surface area contributed by atoms with Gasteiger partial charge < -0.3 is 19.1 Å². The third kappa shape index (κ3) is 11.3. The second-order valence-corrected chi connectivity index (χ2v) is 9.17. The lowest BCUT2D eigenvalue weighted by Crippen LogP contribution is -2.37. The van der Waals surface area contributed by atoms with Gasteiger partial charge in [-0.1, -0.05) is 32.8 Å². The average Bonchev–Trinajstić information content (AvgIpc) is 2.62. The number of hydrogen-bond donors (Lipinski definition) is 1. The standard InChI is InChI=1S/C23H41NO3S/c1-6-8-20-16-21(9-7-2)18-22(17-20)24(19-23(3,4)28)10-11-26-14-15-27-13-12-25-5/h16-18,28H,6-15,19H2,1-5H3. The van der Waals surface area contributed by atoms with E-state index >= 15 is 0 Å². The highest BCUT2D eigenvalue weighted by Gasteiger charge is 2.18. The summed E-state index contributed by atoms with van der Waals surface area (Å²) in [5.74, 6) is 0. The molecule has 4 nitrogen and oxygen atoms in total. The highest BCUT2D eigenvalue weighted by Crippen LogP contribution is 2.25. The van der Waals surface area contributed by atoms with E-state index in [1.807, 2.05) is 0 Å². The van der Waals surface area contributed by atoms with Crippen LogP contribution in [0.25, 0.3) is 0 Å². The van der Waals surface area contributed by atoms with Gasteiger partial charge in [-0.15, -0.1) is 0 Å². The third-order valence-electron chi connectivity index (χ3n) is 4.37. The summed E-state index contributed by atoms with van der Waals surface area (Å²) in [6, 6.07) is 7.06. The van der Waals surface area contributed by atoms with Crippen LogP contribution in [0.15, 0.2) is 18.2 Å². The van der Waals surface area contributed by atoms with Gasteiger partial charge in [0, 0.05) is 30.6 Å². The number of aryl methyl sites for hydroxylation is 2. The van der Waals surface area contributed by atoms with Crippen LogP contribution in [-0.2, 0) is 27.1 Å². The van der Waals surface area contributed by atoms with Crippen LogP contribution in [0.3, 0.4) is 0 Å². The Labute approximate surface area is 178 Å². The Balaban J connectivity index is 2.72. The van der Waals surface area contributed by atoms with Crippen molar-refractivity contribution in [2.75, 3.05) is 58.1 Å². The lowest BCUT2D eigenvalue weighted by Gasteiger charge is -2.32. The smallest absolute Gasteiger partial charge is 0.0701 e. The molecule has 0 spiro atoms. The molecule has 1 aromatic rings. The van der Waals surface area contributed by atoms with Crippen molar-refractivity contribution in [3.05, 3.63) is 29.3 Å². The summed E-state index contributed by atoms with van der Waals surface area (Å²) < 4.78 is 16.2. The fourth-order valence-electron chi connectivity index (χ4n) is 3.20. The Morgan fingerprint density at radius 2 is 1.39 bits per heavy atom. The van der Waals surface area contributed by atoms with Crippen LogP contribution < -0.4 is 4.90 Å². The maximum absolute atomic E-state index is 5.80. The van der Waals surface area contributed by atoms with Gasteiger partial charge in [-0.2, -0.15) is 12.6 Å². The molecular weight excluding hydrogens is 370 g/mol. The van der Waals surface area contributed by atoms with Crippen molar-refractivity contribution in [3.63, 3.8) is 0 Å². The van der Waals surface area contributed by atoms with Gasteiger partial charge in [-0.3, -0.25) is 0 Å². The number of thiol groups is 1. The van der Waals surface area contributed by atoms with Gasteiger partial charge in [0.15, 0.2) is 0 Å². The molecule has 0 heterocycles. The first-order valence-corrected chi connectivity index (χ1v) is 11.1. The number of hydrogen-bond acceptors (Lipinski definition) is 5. The molecule has 1 aromatic carbocycles. The summed E-state index contributed by atoms with van der Waals surface area (Å²) in [6.45, 7) is 13.7. The molecule has 0 atom stereocenters. The number of anilines is 1. The third-order valence-corrected chi connectivity index (χ3v) is 4.51. The van der Waals surface area contributed by atoms with Crippen molar-refractivity contribution in [3.8, 4) is 0 Å². The highest BCUT2D eigenvalue weighted by molar-refractivity contribution is 7.81. The highest BCUT2D eigenvalue weighted by atomic mass is 32.1. The monoisotopic (exact) mass is 411 g/mol. The average molecular weight is 412 g/mol. The molecule has 5 heteroatoms. The second-order valence-electron chi connectivity index (χ2n) is 7.96. The van der Waals surface area contributed by atoms with Crippen LogP contribution in [0, 0.1) is 0 Å². The summed E-state index contributed by atoms with van der Waals surface area (Å²) in [5, 5.41) is 0. The number of ether oxygens (including phenoxy) is 3. The quantitative estimate of drug-likeness (QED) is 0.313. The Morgan fingerprint density at radius 3 is 1.89 bits per heavy atom. The van der Waals surface area contributed by atoms with Crippen LogP contribution in [0.4, 0.5) is 5.69 Å². The van der Waals surface area contributed by atoms with Gasteiger partial charge in [0.1, 0.15) is 0 Å². The predicted molar refractivity (Wildman–Crippen MR) is 123 cm³/mol. The topological polar surface area (TPSA) is 30.9 Å². The molecule has 0 aliphatic heterocycles. The molecule has 0 saturated heterocycles. The molecule has 0 aliphatic rings. The minimum absolute atomic E-state index is 0.0745. The molecule has 0 unspecified atom stereocenters. The van der Waals surface area contributed by atoms with Crippen LogP contribution in [0.1, 0.15) is 51.7 Å². The predicted octanol–water partition coefficient (Wildman–Crippen LogP) is 4.79. The maximum Gasteiger partial charge on any atom is 0.0701 e. The first-order valence-electron chi connectivity index (χ1n) is 10.6. The summed E-state index contributed by atoms with van der Waals surface area (Å²) in [5.41, 5.74) is 4.15. The van der Waals surface area contributed by atoms with E-state index in [9.17, 15) is 0 Å². The van der Waals surface area contributed by atoms with Crippen molar-refractivity contribution in [2.24, 2.45) is 0 Å². The molecule has 0 amide bonds. The number of rotatable bonds is 16. The zero-order valence-electron chi connectivity index (χ0n) is 18.6. The summed E-state index contributed by atoms with van der Waals surface area (Å²) in [4.78, 5) is 2.41. The summed E-state index contributed by atoms with van der Waals surface area (Å²) >= 11 is 4.78. The number of nitrogens with zero attached hydrogens (tertiary/aromatic N) is 1. The molecular formula is C23H41NO3S. The number of benzene rings is 1. The van der Waals surface area contributed by atoms with E-state index in [1.54, 1.807) is 7.11 Å². The Kier molecular flexibility index (Phi) is 12.9. The summed E-state index contributed by atoms with van der Waals surface area (Å²) in [7, 11) is 1.68. The van der Waals surface area contributed by atoms with Crippen molar-refractivity contribution < 1.29 is 14.2 Å². The first-order chi connectivity index (χ1) is 13.4. The maximum atomic E-state index is 5.80. The largest absolute Gasteiger partial charge is 0.382 e. The van der Waals surface area contributed by atoms with E-state index < -0.39 is 0 Å². The summed E-state index contributed by atoms with van der Waals surface area (Å²) in [6.07, 6.45) is 4.58. The Hall–Kier alpha value is -0.750. The zero-order chi connectivity index (χ0) is 20.8. The minimum atomic E-state index is -0.0745. The van der Waals surface area contributed by atoms with E-state index in [-0.39, 0.29) is 4.75 Å².